The lowest BCUT2D eigenvalue weighted by Gasteiger charge is -2.41. The molecule has 59 heavy (non-hydrogen) atoms. The number of aliphatic hydroxyl groups is 5. The molecule has 6 atom stereocenters. The molecule has 338 valence electrons. The molecule has 0 spiro atoms. The Labute approximate surface area is 353 Å². The summed E-state index contributed by atoms with van der Waals surface area (Å²) in [6.45, 7) is 3.09. The number of unbranched alkanes of at least 4 members (excludes halogenated alkanes) is 10. The molecule has 0 aromatic heterocycles. The monoisotopic (exact) mass is 854 g/mol. The van der Waals surface area contributed by atoms with Crippen LogP contribution in [0.15, 0.2) is 72.9 Å². The van der Waals surface area contributed by atoms with Gasteiger partial charge in [-0.1, -0.05) is 151 Å². The van der Waals surface area contributed by atoms with Crippen LogP contribution in [-0.4, -0.2) is 98.3 Å². The average Bonchev–Trinajstić information content (AvgIpc) is 3.21. The van der Waals surface area contributed by atoms with Crippen LogP contribution in [0.2, 0.25) is 0 Å². The highest BCUT2D eigenvalue weighted by Gasteiger charge is 2.51. The highest BCUT2D eigenvalue weighted by atomic mass is 31.2. The summed E-state index contributed by atoms with van der Waals surface area (Å²) in [6, 6.07) is 0. The zero-order valence-electron chi connectivity index (χ0n) is 35.5. The molecular formula is C45H75O13P. The van der Waals surface area contributed by atoms with Crippen molar-refractivity contribution in [2.75, 3.05) is 13.2 Å². The maximum Gasteiger partial charge on any atom is 0.472 e. The zero-order valence-corrected chi connectivity index (χ0v) is 36.4. The van der Waals surface area contributed by atoms with Gasteiger partial charge in [0.15, 0.2) is 6.10 Å². The molecule has 6 N–H and O–H groups in total. The van der Waals surface area contributed by atoms with Crippen LogP contribution in [0.4, 0.5) is 0 Å². The Bertz CT molecular complexity index is 1310. The van der Waals surface area contributed by atoms with Gasteiger partial charge in [0.1, 0.15) is 43.2 Å². The van der Waals surface area contributed by atoms with Crippen molar-refractivity contribution in [2.45, 2.75) is 185 Å². The molecule has 0 aromatic carbocycles. The van der Waals surface area contributed by atoms with E-state index in [1.165, 1.54) is 44.9 Å². The van der Waals surface area contributed by atoms with E-state index in [0.29, 0.717) is 19.3 Å². The summed E-state index contributed by atoms with van der Waals surface area (Å²) in [6.07, 6.45) is 29.8. The van der Waals surface area contributed by atoms with E-state index in [1.54, 1.807) is 0 Å². The van der Waals surface area contributed by atoms with Crippen molar-refractivity contribution in [2.24, 2.45) is 0 Å². The SMILES string of the molecule is CC/C=C\C/C=C\C/C=C\C/C=C\C/C=C\C/C=C\CCC(=O)OC(COC(=O)CCCCCCCCCCCCC)COP(=O)(O)OC1C(O)C(O)C(O)C(O)C1O. The Balaban J connectivity index is 2.55. The van der Waals surface area contributed by atoms with Crippen molar-refractivity contribution in [1.29, 1.82) is 0 Å². The Kier molecular flexibility index (Phi) is 32.2. The van der Waals surface area contributed by atoms with Gasteiger partial charge in [0, 0.05) is 12.8 Å². The first-order chi connectivity index (χ1) is 28.4. The summed E-state index contributed by atoms with van der Waals surface area (Å²) in [5.74, 6) is -1.20. The van der Waals surface area contributed by atoms with Gasteiger partial charge in [0.25, 0.3) is 0 Å². The Morgan fingerprint density at radius 3 is 1.44 bits per heavy atom. The van der Waals surface area contributed by atoms with Crippen LogP contribution >= 0.6 is 7.82 Å². The van der Waals surface area contributed by atoms with Gasteiger partial charge < -0.3 is 39.9 Å². The summed E-state index contributed by atoms with van der Waals surface area (Å²) in [4.78, 5) is 35.5. The van der Waals surface area contributed by atoms with Gasteiger partial charge >= 0.3 is 19.8 Å². The summed E-state index contributed by atoms with van der Waals surface area (Å²) in [5.41, 5.74) is 0. The molecule has 1 fully saturated rings. The van der Waals surface area contributed by atoms with Crippen molar-refractivity contribution in [3.8, 4) is 0 Å². The van der Waals surface area contributed by atoms with Gasteiger partial charge in [0.05, 0.1) is 6.61 Å². The molecule has 0 radical (unpaired) electrons. The van der Waals surface area contributed by atoms with E-state index < -0.39 is 75.7 Å². The second kappa shape index (κ2) is 34.9. The Morgan fingerprint density at radius 1 is 0.542 bits per heavy atom. The third kappa shape index (κ3) is 27.7. The van der Waals surface area contributed by atoms with Crippen LogP contribution in [0.5, 0.6) is 0 Å². The van der Waals surface area contributed by atoms with Crippen molar-refractivity contribution < 1.29 is 63.1 Å². The minimum absolute atomic E-state index is 0.0306. The fourth-order valence-electron chi connectivity index (χ4n) is 6.08. The standard InChI is InChI=1S/C45H75O13P/c1-3-5-7-9-11-13-15-16-17-18-19-20-21-22-24-26-28-30-32-34-39(47)57-37(35-55-38(46)33-31-29-27-25-23-14-12-10-8-6-4-2)36-56-59(53,54)58-45-43(51)41(49)40(48)42(50)44(45)52/h5,7,11,13,16-17,19-20,22,24,28,30,37,40-45,48-52H,3-4,6,8-10,12,14-15,18,21,23,25-27,29,31-36H2,1-2H3,(H,53,54)/b7-5-,13-11-,17-16-,20-19-,24-22-,30-28-. The number of aliphatic hydroxyl groups excluding tert-OH is 5. The average molecular weight is 855 g/mol. The molecule has 1 saturated carbocycles. The number of hydrogen-bond acceptors (Lipinski definition) is 12. The second-order valence-corrected chi connectivity index (χ2v) is 16.2. The first-order valence-electron chi connectivity index (χ1n) is 21.7. The fraction of sp³-hybridized carbons (Fsp3) is 0.689. The summed E-state index contributed by atoms with van der Waals surface area (Å²) < 4.78 is 33.3. The quantitative estimate of drug-likeness (QED) is 0.0157. The van der Waals surface area contributed by atoms with Crippen LogP contribution < -0.4 is 0 Å². The van der Waals surface area contributed by atoms with E-state index in [1.807, 2.05) is 18.2 Å². The molecule has 1 aliphatic carbocycles. The minimum Gasteiger partial charge on any atom is -0.462 e. The lowest BCUT2D eigenvalue weighted by Crippen LogP contribution is -2.64. The lowest BCUT2D eigenvalue weighted by molar-refractivity contribution is -0.220. The smallest absolute Gasteiger partial charge is 0.462 e. The molecule has 14 heteroatoms. The Morgan fingerprint density at radius 2 is 0.966 bits per heavy atom. The molecule has 6 unspecified atom stereocenters. The molecule has 1 rings (SSSR count). The summed E-state index contributed by atoms with van der Waals surface area (Å²) in [5, 5.41) is 50.0. The van der Waals surface area contributed by atoms with Crippen molar-refractivity contribution in [3.05, 3.63) is 72.9 Å². The summed E-state index contributed by atoms with van der Waals surface area (Å²) >= 11 is 0. The van der Waals surface area contributed by atoms with Gasteiger partial charge in [-0.25, -0.2) is 4.57 Å². The number of ether oxygens (including phenoxy) is 2. The zero-order chi connectivity index (χ0) is 43.6. The molecule has 0 amide bonds. The number of hydrogen-bond donors (Lipinski definition) is 6. The number of phosphoric acid groups is 1. The number of allylic oxidation sites excluding steroid dienone is 12. The lowest BCUT2D eigenvalue weighted by atomic mass is 9.85. The van der Waals surface area contributed by atoms with Crippen molar-refractivity contribution >= 4 is 19.8 Å². The van der Waals surface area contributed by atoms with Crippen LogP contribution in [0.3, 0.4) is 0 Å². The molecule has 0 saturated heterocycles. The van der Waals surface area contributed by atoms with Gasteiger partial charge in [-0.3, -0.25) is 18.6 Å². The van der Waals surface area contributed by atoms with Gasteiger partial charge in [0.2, 0.25) is 0 Å². The van der Waals surface area contributed by atoms with Gasteiger partial charge in [-0.2, -0.15) is 0 Å². The molecule has 0 aliphatic heterocycles. The number of rotatable bonds is 34. The minimum atomic E-state index is -5.14. The van der Waals surface area contributed by atoms with E-state index in [0.717, 1.165) is 51.4 Å². The molecule has 0 bridgehead atoms. The molecule has 0 heterocycles. The van der Waals surface area contributed by atoms with E-state index in [4.69, 9.17) is 18.5 Å². The van der Waals surface area contributed by atoms with E-state index in [-0.39, 0.29) is 12.8 Å². The normalized spacial score (nSPS) is 23.1. The molecule has 1 aliphatic rings. The van der Waals surface area contributed by atoms with Crippen molar-refractivity contribution in [3.63, 3.8) is 0 Å². The topological polar surface area (TPSA) is 210 Å². The second-order valence-electron chi connectivity index (χ2n) is 14.8. The van der Waals surface area contributed by atoms with E-state index in [2.05, 4.69) is 68.5 Å². The van der Waals surface area contributed by atoms with Crippen LogP contribution in [-0.2, 0) is 32.7 Å². The molecule has 0 aromatic rings. The fourth-order valence-corrected chi connectivity index (χ4v) is 7.05. The van der Waals surface area contributed by atoms with Crippen LogP contribution in [0.1, 0.15) is 142 Å². The van der Waals surface area contributed by atoms with Crippen LogP contribution in [0, 0.1) is 0 Å². The number of esters is 2. The Hall–Kier alpha value is -2.71. The number of carbonyl (C=O) groups excluding carboxylic acids is 2. The highest BCUT2D eigenvalue weighted by Crippen LogP contribution is 2.47. The third-order valence-corrected chi connectivity index (χ3v) is 10.6. The van der Waals surface area contributed by atoms with Crippen molar-refractivity contribution in [1.82, 2.24) is 0 Å². The highest BCUT2D eigenvalue weighted by molar-refractivity contribution is 7.47. The first kappa shape index (κ1) is 54.3. The number of phosphoric ester groups is 1. The van der Waals surface area contributed by atoms with Gasteiger partial charge in [-0.15, -0.1) is 0 Å². The maximum absolute atomic E-state index is 12.8. The van der Waals surface area contributed by atoms with E-state index >= 15 is 0 Å². The van der Waals surface area contributed by atoms with Gasteiger partial charge in [-0.05, 0) is 51.4 Å². The summed E-state index contributed by atoms with van der Waals surface area (Å²) in [7, 11) is -5.14. The largest absolute Gasteiger partial charge is 0.472 e. The van der Waals surface area contributed by atoms with Crippen LogP contribution in [0.25, 0.3) is 0 Å². The molecular weight excluding hydrogens is 779 g/mol. The number of carbonyl (C=O) groups is 2. The first-order valence-corrected chi connectivity index (χ1v) is 23.2. The predicted molar refractivity (Wildman–Crippen MR) is 230 cm³/mol. The van der Waals surface area contributed by atoms with E-state index in [9.17, 15) is 44.6 Å². The predicted octanol–water partition coefficient (Wildman–Crippen LogP) is 7.94. The molecule has 13 nitrogen and oxygen atoms in total. The maximum atomic E-state index is 12.8. The third-order valence-electron chi connectivity index (χ3n) is 9.58.